The molecular formula is C25H35N3O6S. The van der Waals surface area contributed by atoms with Gasteiger partial charge in [-0.05, 0) is 49.4 Å². The Labute approximate surface area is 207 Å². The molecule has 2 aromatic rings. The molecule has 0 bridgehead atoms. The number of carbonyl (C=O) groups excluding carboxylic acids is 1. The number of hydrogen-bond acceptors (Lipinski definition) is 7. The standard InChI is InChI=1S/C25H35N3O6S/c1-17-14-28(18(2)16-29)25(30)22-13-19(26(3)4)7-12-23(22)34-24(17)15-27(5)35(31,32)21-10-8-20(33-6)9-11-21/h7-13,17-18,24,29H,14-16H2,1-6H3/t17-,18+,24+/m0/s1. The first-order valence-electron chi connectivity index (χ1n) is 11.5. The van der Waals surface area contributed by atoms with E-state index in [-0.39, 0.29) is 29.9 Å². The lowest BCUT2D eigenvalue weighted by molar-refractivity contribution is 0.0387. The van der Waals surface area contributed by atoms with E-state index in [0.717, 1.165) is 5.69 Å². The predicted molar refractivity (Wildman–Crippen MR) is 135 cm³/mol. The molecule has 1 heterocycles. The Hall–Kier alpha value is -2.82. The number of anilines is 1. The largest absolute Gasteiger partial charge is 0.497 e. The van der Waals surface area contributed by atoms with Crippen molar-refractivity contribution in [2.24, 2.45) is 5.92 Å². The van der Waals surface area contributed by atoms with Gasteiger partial charge in [0.2, 0.25) is 10.0 Å². The number of ether oxygens (including phenoxy) is 2. The Morgan fingerprint density at radius 1 is 1.17 bits per heavy atom. The average Bonchev–Trinajstić information content (AvgIpc) is 2.85. The van der Waals surface area contributed by atoms with Crippen LogP contribution < -0.4 is 14.4 Å². The molecule has 0 spiro atoms. The molecule has 0 radical (unpaired) electrons. The summed E-state index contributed by atoms with van der Waals surface area (Å²) in [6.45, 7) is 3.92. The molecule has 1 aliphatic heterocycles. The van der Waals surface area contributed by atoms with Crippen molar-refractivity contribution >= 4 is 21.6 Å². The Bertz CT molecular complexity index is 1140. The van der Waals surface area contributed by atoms with Crippen LogP contribution in [0.4, 0.5) is 5.69 Å². The first-order chi connectivity index (χ1) is 16.5. The van der Waals surface area contributed by atoms with Crippen molar-refractivity contribution in [1.82, 2.24) is 9.21 Å². The molecule has 1 aliphatic rings. The third kappa shape index (κ3) is 5.71. The van der Waals surface area contributed by atoms with Crippen LogP contribution in [0.2, 0.25) is 0 Å². The number of aliphatic hydroxyl groups excluding tert-OH is 1. The Balaban J connectivity index is 1.95. The van der Waals surface area contributed by atoms with Gasteiger partial charge in [0.25, 0.3) is 5.91 Å². The van der Waals surface area contributed by atoms with Crippen LogP contribution in [-0.2, 0) is 10.0 Å². The highest BCUT2D eigenvalue weighted by Gasteiger charge is 2.35. The van der Waals surface area contributed by atoms with Crippen LogP contribution in [0, 0.1) is 5.92 Å². The summed E-state index contributed by atoms with van der Waals surface area (Å²) >= 11 is 0. The van der Waals surface area contributed by atoms with Gasteiger partial charge in [-0.25, -0.2) is 8.42 Å². The minimum absolute atomic E-state index is 0.0833. The summed E-state index contributed by atoms with van der Waals surface area (Å²) in [5.41, 5.74) is 1.22. The number of rotatable bonds is 8. The number of benzene rings is 2. The van der Waals surface area contributed by atoms with Gasteiger partial charge in [0.15, 0.2) is 0 Å². The fourth-order valence-corrected chi connectivity index (χ4v) is 5.17. The van der Waals surface area contributed by atoms with Crippen molar-refractivity contribution in [3.05, 3.63) is 48.0 Å². The monoisotopic (exact) mass is 505 g/mol. The number of carbonyl (C=O) groups is 1. The van der Waals surface area contributed by atoms with Crippen LogP contribution in [0.15, 0.2) is 47.4 Å². The summed E-state index contributed by atoms with van der Waals surface area (Å²) in [5, 5.41) is 9.80. The quantitative estimate of drug-likeness (QED) is 0.588. The van der Waals surface area contributed by atoms with Gasteiger partial charge in [-0.2, -0.15) is 4.31 Å². The molecule has 3 rings (SSSR count). The van der Waals surface area contributed by atoms with Crippen LogP contribution in [0.3, 0.4) is 0 Å². The maximum absolute atomic E-state index is 13.4. The summed E-state index contributed by atoms with van der Waals surface area (Å²) in [6.07, 6.45) is -0.529. The molecule has 0 aromatic heterocycles. The van der Waals surface area contributed by atoms with E-state index in [1.807, 2.05) is 32.0 Å². The third-order valence-corrected chi connectivity index (χ3v) is 8.21. The van der Waals surface area contributed by atoms with Crippen molar-refractivity contribution in [3.8, 4) is 11.5 Å². The smallest absolute Gasteiger partial charge is 0.258 e. The summed E-state index contributed by atoms with van der Waals surface area (Å²) in [7, 11) is 3.03. The highest BCUT2D eigenvalue weighted by molar-refractivity contribution is 7.89. The summed E-state index contributed by atoms with van der Waals surface area (Å²) < 4.78 is 39.2. The van der Waals surface area contributed by atoms with E-state index in [0.29, 0.717) is 23.6 Å². The van der Waals surface area contributed by atoms with Crippen LogP contribution in [0.25, 0.3) is 0 Å². The maximum atomic E-state index is 13.4. The van der Waals surface area contributed by atoms with E-state index >= 15 is 0 Å². The predicted octanol–water partition coefficient (Wildman–Crippen LogP) is 2.30. The molecule has 0 aliphatic carbocycles. The van der Waals surface area contributed by atoms with E-state index < -0.39 is 22.2 Å². The Morgan fingerprint density at radius 2 is 1.83 bits per heavy atom. The van der Waals surface area contributed by atoms with Crippen molar-refractivity contribution < 1.29 is 27.8 Å². The lowest BCUT2D eigenvalue weighted by Crippen LogP contribution is -2.50. The van der Waals surface area contributed by atoms with Gasteiger partial charge in [-0.3, -0.25) is 4.79 Å². The maximum Gasteiger partial charge on any atom is 0.258 e. The van der Waals surface area contributed by atoms with E-state index in [9.17, 15) is 18.3 Å². The number of likely N-dealkylation sites (N-methyl/N-ethyl adjacent to an activating group) is 1. The molecule has 35 heavy (non-hydrogen) atoms. The van der Waals surface area contributed by atoms with Gasteiger partial charge < -0.3 is 24.4 Å². The molecule has 0 saturated carbocycles. The second-order valence-corrected chi connectivity index (χ2v) is 11.2. The average molecular weight is 506 g/mol. The van der Waals surface area contributed by atoms with E-state index in [2.05, 4.69) is 0 Å². The number of nitrogens with zero attached hydrogens (tertiary/aromatic N) is 3. The Kier molecular flexibility index (Phi) is 8.30. The fraction of sp³-hybridized carbons (Fsp3) is 0.480. The highest BCUT2D eigenvalue weighted by atomic mass is 32.2. The normalized spacial score (nSPS) is 19.4. The Morgan fingerprint density at radius 3 is 2.40 bits per heavy atom. The lowest BCUT2D eigenvalue weighted by Gasteiger charge is -2.38. The van der Waals surface area contributed by atoms with Crippen molar-refractivity contribution in [2.45, 2.75) is 30.9 Å². The number of methoxy groups -OCH3 is 1. The second-order valence-electron chi connectivity index (χ2n) is 9.16. The van der Waals surface area contributed by atoms with Crippen molar-refractivity contribution in [3.63, 3.8) is 0 Å². The third-order valence-electron chi connectivity index (χ3n) is 6.37. The molecule has 2 aromatic carbocycles. The van der Waals surface area contributed by atoms with Gasteiger partial charge in [-0.1, -0.05) is 6.92 Å². The van der Waals surface area contributed by atoms with Crippen LogP contribution in [0.1, 0.15) is 24.2 Å². The minimum atomic E-state index is -3.78. The number of amides is 1. The van der Waals surface area contributed by atoms with Crippen molar-refractivity contribution in [2.75, 3.05) is 52.8 Å². The lowest BCUT2D eigenvalue weighted by atomic mass is 9.99. The van der Waals surface area contributed by atoms with Crippen LogP contribution >= 0.6 is 0 Å². The number of sulfonamides is 1. The molecule has 0 fully saturated rings. The topological polar surface area (TPSA) is 99.6 Å². The SMILES string of the molecule is COc1ccc(S(=O)(=O)N(C)C[C@H]2Oc3ccc(N(C)C)cc3C(=O)N([C@H](C)CO)C[C@@H]2C)cc1. The second kappa shape index (κ2) is 10.8. The number of aliphatic hydroxyl groups is 1. The highest BCUT2D eigenvalue weighted by Crippen LogP contribution is 2.31. The van der Waals surface area contributed by atoms with Gasteiger partial charge in [0.1, 0.15) is 17.6 Å². The van der Waals surface area contributed by atoms with Gasteiger partial charge in [0, 0.05) is 39.3 Å². The molecule has 1 amide bonds. The van der Waals surface area contributed by atoms with Crippen LogP contribution in [-0.4, -0.2) is 88.7 Å². The van der Waals surface area contributed by atoms with Crippen molar-refractivity contribution in [1.29, 1.82) is 0 Å². The molecule has 3 atom stereocenters. The van der Waals surface area contributed by atoms with Gasteiger partial charge >= 0.3 is 0 Å². The first-order valence-corrected chi connectivity index (χ1v) is 12.9. The molecule has 1 N–H and O–H groups in total. The summed E-state index contributed by atoms with van der Waals surface area (Å²) in [6, 6.07) is 11.2. The van der Waals surface area contributed by atoms with Crippen LogP contribution in [0.5, 0.6) is 11.5 Å². The summed E-state index contributed by atoms with van der Waals surface area (Å²) in [4.78, 5) is 17.1. The molecule has 192 valence electrons. The molecule has 0 saturated heterocycles. The van der Waals surface area contributed by atoms with Gasteiger partial charge in [0.05, 0.1) is 36.8 Å². The van der Waals surface area contributed by atoms with E-state index in [4.69, 9.17) is 9.47 Å². The number of hydrogen-bond donors (Lipinski definition) is 1. The zero-order valence-electron chi connectivity index (χ0n) is 21.1. The zero-order valence-corrected chi connectivity index (χ0v) is 21.9. The molecule has 9 nitrogen and oxygen atoms in total. The summed E-state index contributed by atoms with van der Waals surface area (Å²) in [5.74, 6) is 0.528. The molecule has 0 unspecified atom stereocenters. The molecule has 10 heteroatoms. The van der Waals surface area contributed by atoms with Gasteiger partial charge in [-0.15, -0.1) is 0 Å². The van der Waals surface area contributed by atoms with E-state index in [1.54, 1.807) is 36.1 Å². The molecular weight excluding hydrogens is 470 g/mol. The minimum Gasteiger partial charge on any atom is -0.497 e. The zero-order chi connectivity index (χ0) is 25.9. The number of fused-ring (bicyclic) bond motifs is 1. The fourth-order valence-electron chi connectivity index (χ4n) is 3.99. The first kappa shape index (κ1) is 26.8. The van der Waals surface area contributed by atoms with E-state index in [1.165, 1.54) is 30.6 Å².